The molecule has 1 rings (SSSR count). The zero-order valence-electron chi connectivity index (χ0n) is 6.03. The average molecular weight is 235 g/mol. The van der Waals surface area contributed by atoms with E-state index in [4.69, 9.17) is 34.8 Å². The minimum Gasteiger partial charge on any atom is -0.285 e. The summed E-state index contributed by atoms with van der Waals surface area (Å²) in [6.45, 7) is 0. The molecule has 2 nitrogen and oxygen atoms in total. The number of halogens is 3. The molecule has 1 aromatic rings. The summed E-state index contributed by atoms with van der Waals surface area (Å²) in [7, 11) is 0. The predicted molar refractivity (Wildman–Crippen MR) is 51.1 cm³/mol. The van der Waals surface area contributed by atoms with Gasteiger partial charge in [0.15, 0.2) is 0 Å². The van der Waals surface area contributed by atoms with E-state index in [0.29, 0.717) is 0 Å². The van der Waals surface area contributed by atoms with Crippen LogP contribution in [0.2, 0.25) is 15.1 Å². The van der Waals surface area contributed by atoms with Crippen LogP contribution in [0.15, 0.2) is 6.07 Å². The molecule has 0 amide bonds. The Balaban J connectivity index is 3.56. The van der Waals surface area contributed by atoms with Gasteiger partial charge >= 0.3 is 0 Å². The lowest BCUT2D eigenvalue weighted by Gasteiger charge is -2.02. The Bertz CT molecular complexity index is 374. The van der Waals surface area contributed by atoms with Crippen LogP contribution in [0.4, 0.5) is 0 Å². The van der Waals surface area contributed by atoms with Gasteiger partial charge < -0.3 is 0 Å². The van der Waals surface area contributed by atoms with Gasteiger partial charge in [-0.25, -0.2) is 0 Å². The second-order valence-corrected chi connectivity index (χ2v) is 3.28. The maximum atomic E-state index is 10.4. The Labute approximate surface area is 89.4 Å². The third kappa shape index (κ3) is 1.85. The van der Waals surface area contributed by atoms with Crippen LogP contribution < -0.4 is 0 Å². The van der Waals surface area contributed by atoms with Crippen molar-refractivity contribution in [1.29, 1.82) is 0 Å². The first-order valence-electron chi connectivity index (χ1n) is 3.05. The van der Waals surface area contributed by atoms with Crippen LogP contribution in [0.1, 0.15) is 11.1 Å². The molecule has 13 heavy (non-hydrogen) atoms. The first-order valence-corrected chi connectivity index (χ1v) is 4.19. The van der Waals surface area contributed by atoms with Crippen molar-refractivity contribution in [1.82, 2.24) is 0 Å². The van der Waals surface area contributed by atoms with E-state index < -0.39 is 0 Å². The van der Waals surface area contributed by atoms with E-state index in [2.05, 4.69) is 0 Å². The summed E-state index contributed by atoms with van der Waals surface area (Å²) < 4.78 is 0. The van der Waals surface area contributed by atoms with Crippen LogP contribution >= 0.6 is 34.8 Å². The molecule has 0 atom stereocenters. The van der Waals surface area contributed by atoms with Gasteiger partial charge in [0.1, 0.15) is 0 Å². The number of carbonyl (C=O) groups excluding carboxylic acids is 2. The van der Waals surface area contributed by atoms with Crippen LogP contribution in [0.3, 0.4) is 0 Å². The highest BCUT2D eigenvalue weighted by Crippen LogP contribution is 2.33. The van der Waals surface area contributed by atoms with Gasteiger partial charge in [0, 0.05) is 5.56 Å². The van der Waals surface area contributed by atoms with Crippen molar-refractivity contribution in [3.63, 3.8) is 0 Å². The van der Waals surface area contributed by atoms with Gasteiger partial charge in [-0.15, -0.1) is 0 Å². The maximum absolute atomic E-state index is 10.4. The SMILES string of the molecule is O=[C]c1cc(Cl)c(Cl)c(Cl)c1[C]=O. The van der Waals surface area contributed by atoms with Gasteiger partial charge in [-0.05, 0) is 6.07 Å². The highest BCUT2D eigenvalue weighted by atomic mass is 35.5. The summed E-state index contributed by atoms with van der Waals surface area (Å²) in [5, 5.41) is 0.0483. The fourth-order valence-corrected chi connectivity index (χ4v) is 1.42. The molecule has 0 saturated heterocycles. The van der Waals surface area contributed by atoms with E-state index in [9.17, 15) is 9.59 Å². The summed E-state index contributed by atoms with van der Waals surface area (Å²) in [5.41, 5.74) is -0.166. The standard InChI is InChI=1S/C8HCl3O2/c9-6-1-4(2-12)5(3-13)7(10)8(6)11/h1H. The van der Waals surface area contributed by atoms with Crippen LogP contribution in [0.25, 0.3) is 0 Å². The Morgan fingerprint density at radius 2 is 1.62 bits per heavy atom. The lowest BCUT2D eigenvalue weighted by Crippen LogP contribution is -1.93. The molecular weight excluding hydrogens is 234 g/mol. The van der Waals surface area contributed by atoms with E-state index in [-0.39, 0.29) is 26.2 Å². The van der Waals surface area contributed by atoms with Crippen LogP contribution in [-0.2, 0) is 9.59 Å². The Hall–Kier alpha value is -0.570. The number of rotatable bonds is 2. The normalized spacial score (nSPS) is 9.77. The topological polar surface area (TPSA) is 34.1 Å². The van der Waals surface area contributed by atoms with E-state index in [1.165, 1.54) is 18.6 Å². The van der Waals surface area contributed by atoms with Crippen molar-refractivity contribution in [2.45, 2.75) is 0 Å². The molecule has 0 aliphatic carbocycles. The number of hydrogen-bond acceptors (Lipinski definition) is 2. The molecule has 0 N–H and O–H groups in total. The van der Waals surface area contributed by atoms with Crippen LogP contribution in [0, 0.1) is 0 Å². The quantitative estimate of drug-likeness (QED) is 0.738. The van der Waals surface area contributed by atoms with Gasteiger partial charge in [-0.2, -0.15) is 0 Å². The van der Waals surface area contributed by atoms with E-state index in [1.54, 1.807) is 0 Å². The molecule has 0 aromatic heterocycles. The zero-order valence-corrected chi connectivity index (χ0v) is 8.30. The number of benzene rings is 1. The first-order chi connectivity index (χ1) is 6.11. The van der Waals surface area contributed by atoms with Crippen molar-refractivity contribution in [2.24, 2.45) is 0 Å². The molecule has 0 fully saturated rings. The molecule has 0 aliphatic rings. The highest BCUT2D eigenvalue weighted by Gasteiger charge is 2.14. The van der Waals surface area contributed by atoms with Crippen LogP contribution in [0.5, 0.6) is 0 Å². The molecule has 0 bridgehead atoms. The van der Waals surface area contributed by atoms with Crippen molar-refractivity contribution in [3.05, 3.63) is 32.3 Å². The molecule has 0 heterocycles. The highest BCUT2D eigenvalue weighted by molar-refractivity contribution is 6.49. The van der Waals surface area contributed by atoms with Gasteiger partial charge in [0.05, 0.1) is 20.6 Å². The largest absolute Gasteiger partial charge is 0.285 e. The summed E-state index contributed by atoms with van der Waals surface area (Å²) in [6.07, 6.45) is 3.01. The van der Waals surface area contributed by atoms with Gasteiger partial charge in [0.2, 0.25) is 12.6 Å². The molecule has 1 aromatic carbocycles. The summed E-state index contributed by atoms with van der Waals surface area (Å²) >= 11 is 16.8. The lowest BCUT2D eigenvalue weighted by atomic mass is 10.1. The van der Waals surface area contributed by atoms with Crippen molar-refractivity contribution in [2.75, 3.05) is 0 Å². The van der Waals surface area contributed by atoms with E-state index in [0.717, 1.165) is 0 Å². The summed E-state index contributed by atoms with van der Waals surface area (Å²) in [6, 6.07) is 1.21. The molecular formula is C8HCl3O2. The third-order valence-corrected chi connectivity index (χ3v) is 2.64. The summed E-state index contributed by atoms with van der Waals surface area (Å²) in [4.78, 5) is 20.7. The Kier molecular flexibility index (Phi) is 3.31. The lowest BCUT2D eigenvalue weighted by molar-refractivity contribution is 0.558. The maximum Gasteiger partial charge on any atom is 0.235 e. The molecule has 5 heteroatoms. The molecule has 0 aliphatic heterocycles. The third-order valence-electron chi connectivity index (χ3n) is 1.37. The number of hydrogen-bond donors (Lipinski definition) is 0. The van der Waals surface area contributed by atoms with Crippen molar-refractivity contribution < 1.29 is 9.59 Å². The predicted octanol–water partition coefficient (Wildman–Crippen LogP) is 2.56. The van der Waals surface area contributed by atoms with Crippen LogP contribution in [-0.4, -0.2) is 12.6 Å². The second kappa shape index (κ2) is 4.09. The van der Waals surface area contributed by atoms with E-state index in [1.807, 2.05) is 0 Å². The molecule has 0 spiro atoms. The molecule has 2 radical (unpaired) electrons. The van der Waals surface area contributed by atoms with Gasteiger partial charge in [-0.3, -0.25) is 9.59 Å². The zero-order chi connectivity index (χ0) is 10.0. The minimum atomic E-state index is -0.119. The smallest absolute Gasteiger partial charge is 0.235 e. The molecule has 0 unspecified atom stereocenters. The minimum absolute atomic E-state index is 0.0284. The fraction of sp³-hybridized carbons (Fsp3) is 0. The van der Waals surface area contributed by atoms with Gasteiger partial charge in [0.25, 0.3) is 0 Å². The van der Waals surface area contributed by atoms with Gasteiger partial charge in [-0.1, -0.05) is 34.8 Å². The fourth-order valence-electron chi connectivity index (χ4n) is 0.775. The first kappa shape index (κ1) is 10.5. The Morgan fingerprint density at radius 1 is 1.00 bits per heavy atom. The monoisotopic (exact) mass is 234 g/mol. The summed E-state index contributed by atoms with van der Waals surface area (Å²) in [5.74, 6) is 0. The molecule has 0 saturated carbocycles. The Morgan fingerprint density at radius 3 is 2.08 bits per heavy atom. The average Bonchev–Trinajstić information content (AvgIpc) is 2.13. The second-order valence-electron chi connectivity index (χ2n) is 2.11. The molecule has 66 valence electrons. The van der Waals surface area contributed by atoms with Crippen molar-refractivity contribution in [3.8, 4) is 0 Å². The van der Waals surface area contributed by atoms with Crippen molar-refractivity contribution >= 4 is 47.4 Å². The van der Waals surface area contributed by atoms with E-state index >= 15 is 0 Å².